The molecule has 52 heavy (non-hydrogen) atoms. The number of ether oxygens (including phenoxy) is 5. The van der Waals surface area contributed by atoms with Gasteiger partial charge in [-0.1, -0.05) is 6.92 Å². The highest BCUT2D eigenvalue weighted by atomic mass is 16.7. The van der Waals surface area contributed by atoms with E-state index in [0.717, 1.165) is 19.3 Å². The Morgan fingerprint density at radius 1 is 0.942 bits per heavy atom. The highest BCUT2D eigenvalue weighted by Gasteiger charge is 2.31. The van der Waals surface area contributed by atoms with E-state index in [0.29, 0.717) is 46.7 Å². The number of amides is 5. The van der Waals surface area contributed by atoms with Crippen LogP contribution >= 0.6 is 0 Å². The van der Waals surface area contributed by atoms with Crippen LogP contribution in [-0.2, 0) is 4.74 Å². The molecule has 14 heteroatoms. The zero-order valence-electron chi connectivity index (χ0n) is 30.3. The molecule has 0 fully saturated rings. The highest BCUT2D eigenvalue weighted by molar-refractivity contribution is 6.02. The van der Waals surface area contributed by atoms with Crippen LogP contribution in [0.5, 0.6) is 23.0 Å². The van der Waals surface area contributed by atoms with Gasteiger partial charge in [-0.15, -0.1) is 0 Å². The predicted octanol–water partition coefficient (Wildman–Crippen LogP) is 6.03. The van der Waals surface area contributed by atoms with Gasteiger partial charge in [0.15, 0.2) is 11.5 Å². The number of nitrogens with one attached hydrogen (secondary N) is 3. The molecule has 5 rings (SSSR count). The topological polar surface area (TPSA) is 160 Å². The van der Waals surface area contributed by atoms with E-state index >= 15 is 0 Å². The molecule has 2 aliphatic rings. The van der Waals surface area contributed by atoms with Crippen LogP contribution in [-0.4, -0.2) is 98.4 Å². The van der Waals surface area contributed by atoms with Gasteiger partial charge < -0.3 is 54.5 Å². The summed E-state index contributed by atoms with van der Waals surface area (Å²) in [5, 5.41) is 18.8. The van der Waals surface area contributed by atoms with E-state index in [9.17, 15) is 19.5 Å². The highest BCUT2D eigenvalue weighted by Crippen LogP contribution is 2.34. The van der Waals surface area contributed by atoms with Crippen molar-refractivity contribution in [2.45, 2.75) is 58.3 Å². The van der Waals surface area contributed by atoms with E-state index in [2.05, 4.69) is 16.0 Å². The third kappa shape index (κ3) is 9.98. The third-order valence-electron chi connectivity index (χ3n) is 9.08. The van der Waals surface area contributed by atoms with Crippen LogP contribution in [0.3, 0.4) is 0 Å². The molecule has 4 atom stereocenters. The van der Waals surface area contributed by atoms with Crippen molar-refractivity contribution in [2.75, 3.05) is 63.2 Å². The monoisotopic (exact) mass is 719 g/mol. The lowest BCUT2D eigenvalue weighted by atomic mass is 10.0. The Kier molecular flexibility index (Phi) is 13.0. The zero-order chi connectivity index (χ0) is 37.2. The van der Waals surface area contributed by atoms with Gasteiger partial charge in [-0.2, -0.15) is 0 Å². The molecule has 3 aromatic carbocycles. The van der Waals surface area contributed by atoms with E-state index in [1.54, 1.807) is 91.5 Å². The van der Waals surface area contributed by atoms with Crippen molar-refractivity contribution in [3.8, 4) is 23.0 Å². The number of hydrogen-bond acceptors (Lipinski definition) is 9. The number of rotatable bonds is 8. The van der Waals surface area contributed by atoms with Crippen LogP contribution in [0.1, 0.15) is 50.4 Å². The van der Waals surface area contributed by atoms with Gasteiger partial charge in [0.2, 0.25) is 6.79 Å². The van der Waals surface area contributed by atoms with E-state index < -0.39 is 18.2 Å². The second-order valence-corrected chi connectivity index (χ2v) is 13.2. The van der Waals surface area contributed by atoms with Crippen LogP contribution in [0.2, 0.25) is 0 Å². The molecule has 0 spiro atoms. The van der Waals surface area contributed by atoms with Gasteiger partial charge in [-0.05, 0) is 87.7 Å². The number of urea groups is 2. The maximum atomic E-state index is 14.4. The fraction of sp³-hybridized carbons (Fsp3) is 0.447. The first-order chi connectivity index (χ1) is 25.0. The number of benzene rings is 3. The summed E-state index contributed by atoms with van der Waals surface area (Å²) in [6, 6.07) is 15.7. The molecule has 0 unspecified atom stereocenters. The quantitative estimate of drug-likeness (QED) is 0.218. The number of aliphatic hydroxyl groups excluding tert-OH is 1. The number of nitrogens with zero attached hydrogens (tertiary/aromatic N) is 2. The molecule has 0 saturated carbocycles. The van der Waals surface area contributed by atoms with Crippen molar-refractivity contribution < 1.29 is 43.2 Å². The Morgan fingerprint density at radius 3 is 2.35 bits per heavy atom. The van der Waals surface area contributed by atoms with Crippen molar-refractivity contribution in [3.05, 3.63) is 66.2 Å². The summed E-state index contributed by atoms with van der Waals surface area (Å²) in [7, 11) is 3.26. The number of carbonyl (C=O) groups excluding carboxylic acids is 3. The summed E-state index contributed by atoms with van der Waals surface area (Å²) in [4.78, 5) is 43.8. The summed E-state index contributed by atoms with van der Waals surface area (Å²) in [6.45, 7) is 6.46. The van der Waals surface area contributed by atoms with E-state index in [-0.39, 0.29) is 56.0 Å². The first-order valence-corrected chi connectivity index (χ1v) is 17.5. The molecule has 2 heterocycles. The molecule has 3 aromatic rings. The van der Waals surface area contributed by atoms with Crippen molar-refractivity contribution in [1.29, 1.82) is 0 Å². The van der Waals surface area contributed by atoms with Crippen LogP contribution in [0.15, 0.2) is 60.7 Å². The Balaban J connectivity index is 1.34. The summed E-state index contributed by atoms with van der Waals surface area (Å²) in [5.74, 6) is 1.60. The first kappa shape index (κ1) is 38.0. The van der Waals surface area contributed by atoms with Crippen molar-refractivity contribution >= 4 is 35.0 Å². The van der Waals surface area contributed by atoms with Gasteiger partial charge in [0.05, 0.1) is 37.5 Å². The molecule has 280 valence electrons. The van der Waals surface area contributed by atoms with Crippen molar-refractivity contribution in [3.63, 3.8) is 0 Å². The van der Waals surface area contributed by atoms with E-state index in [4.69, 9.17) is 23.7 Å². The van der Waals surface area contributed by atoms with Crippen LogP contribution in [0.4, 0.5) is 26.7 Å². The molecule has 2 aliphatic heterocycles. The molecule has 5 amide bonds. The average Bonchev–Trinajstić information content (AvgIpc) is 3.61. The zero-order valence-corrected chi connectivity index (χ0v) is 30.3. The minimum Gasteiger partial charge on any atom is -0.497 e. The van der Waals surface area contributed by atoms with E-state index in [1.807, 2.05) is 13.8 Å². The third-order valence-corrected chi connectivity index (χ3v) is 9.08. The number of carbonyl (C=O) groups is 3. The lowest BCUT2D eigenvalue weighted by Gasteiger charge is -2.35. The Morgan fingerprint density at radius 2 is 1.62 bits per heavy atom. The molecule has 0 saturated heterocycles. The Bertz CT molecular complexity index is 1690. The molecule has 0 aliphatic carbocycles. The fourth-order valence-electron chi connectivity index (χ4n) is 5.98. The van der Waals surface area contributed by atoms with Gasteiger partial charge in [0, 0.05) is 55.8 Å². The number of hydrogen-bond donors (Lipinski definition) is 4. The first-order valence-electron chi connectivity index (χ1n) is 17.5. The predicted molar refractivity (Wildman–Crippen MR) is 197 cm³/mol. The van der Waals surface area contributed by atoms with Crippen molar-refractivity contribution in [1.82, 2.24) is 9.80 Å². The number of aliphatic hydroxyl groups is 1. The molecule has 0 bridgehead atoms. The number of likely N-dealkylation sites (N-methyl/N-ethyl adjacent to an activating group) is 1. The average molecular weight is 720 g/mol. The SMILES string of the molecule is COc1ccc(NC(=O)Nc2ccc3c(c2)C(=O)N([C@H](C)CO)C[C@H](C)[C@H](CN(C)C(=O)Nc2ccc4c(c2)OCO4)OCCCC[C@H](C)O3)cc1. The van der Waals surface area contributed by atoms with Gasteiger partial charge >= 0.3 is 12.1 Å². The van der Waals surface area contributed by atoms with Crippen LogP contribution < -0.4 is 34.9 Å². The molecule has 14 nitrogen and oxygen atoms in total. The fourth-order valence-corrected chi connectivity index (χ4v) is 5.98. The van der Waals surface area contributed by atoms with Crippen molar-refractivity contribution in [2.24, 2.45) is 5.92 Å². The molecular formula is C38H49N5O9. The summed E-state index contributed by atoms with van der Waals surface area (Å²) in [5.41, 5.74) is 1.76. The minimum absolute atomic E-state index is 0.135. The normalized spacial score (nSPS) is 19.7. The maximum Gasteiger partial charge on any atom is 0.323 e. The summed E-state index contributed by atoms with van der Waals surface area (Å²) in [6.07, 6.45) is 1.68. The molecule has 0 aromatic heterocycles. The van der Waals surface area contributed by atoms with Gasteiger partial charge in [0.1, 0.15) is 11.5 Å². The minimum atomic E-state index is -0.559. The maximum absolute atomic E-state index is 14.4. The molecular weight excluding hydrogens is 670 g/mol. The summed E-state index contributed by atoms with van der Waals surface area (Å²) >= 11 is 0. The van der Waals surface area contributed by atoms with Crippen LogP contribution in [0.25, 0.3) is 0 Å². The number of fused-ring (bicyclic) bond motifs is 2. The standard InChI is InChI=1S/C38H49N5O9/c1-24-20-43(25(2)22-44)36(45)31-18-28(40-37(46)39-27-9-13-30(48-5)14-10-27)11-15-32(31)52-26(3)8-6-7-17-49-35(24)21-42(4)38(47)41-29-12-16-33-34(19-29)51-23-50-33/h9-16,18-19,24-26,35,44H,6-8,17,20-23H2,1-5H3,(H,41,47)(H2,39,40,46)/t24-,25+,26-,35-/m0/s1. The summed E-state index contributed by atoms with van der Waals surface area (Å²) < 4.78 is 28.7. The number of methoxy groups -OCH3 is 1. The molecule has 0 radical (unpaired) electrons. The lowest BCUT2D eigenvalue weighted by Crippen LogP contribution is -2.48. The molecule has 4 N–H and O–H groups in total. The largest absolute Gasteiger partial charge is 0.497 e. The second-order valence-electron chi connectivity index (χ2n) is 13.2. The van der Waals surface area contributed by atoms with Crippen LogP contribution in [0, 0.1) is 5.92 Å². The smallest absolute Gasteiger partial charge is 0.323 e. The van der Waals surface area contributed by atoms with Gasteiger partial charge in [-0.25, -0.2) is 9.59 Å². The van der Waals surface area contributed by atoms with E-state index in [1.165, 1.54) is 0 Å². The Labute approximate surface area is 304 Å². The Hall–Kier alpha value is -5.21. The van der Waals surface area contributed by atoms with Gasteiger partial charge in [-0.3, -0.25) is 4.79 Å². The second kappa shape index (κ2) is 17.8. The van der Waals surface area contributed by atoms with Gasteiger partial charge in [0.25, 0.3) is 5.91 Å². The lowest BCUT2D eigenvalue weighted by molar-refractivity contribution is -0.0115. The number of anilines is 3.